The Hall–Kier alpha value is -1.69. The van der Waals surface area contributed by atoms with Crippen molar-refractivity contribution in [3.63, 3.8) is 0 Å². The standard InChI is InChI=1S/C18H24N2O3S/c1-10(2)9-23-18(22)11(3)20-12(4)19-16-15(17(20)21)13-7-5-6-8-14(13)24-16/h10-11H,5-9H2,1-4H3. The van der Waals surface area contributed by atoms with Crippen molar-refractivity contribution < 1.29 is 9.53 Å². The fourth-order valence-electron chi connectivity index (χ4n) is 3.25. The van der Waals surface area contributed by atoms with Crippen molar-refractivity contribution in [1.29, 1.82) is 0 Å². The van der Waals surface area contributed by atoms with Gasteiger partial charge in [-0.05, 0) is 51.0 Å². The van der Waals surface area contributed by atoms with E-state index in [-0.39, 0.29) is 17.4 Å². The molecule has 2 aromatic rings. The summed E-state index contributed by atoms with van der Waals surface area (Å²) in [6, 6.07) is -0.660. The van der Waals surface area contributed by atoms with E-state index in [1.54, 1.807) is 25.2 Å². The van der Waals surface area contributed by atoms with E-state index in [9.17, 15) is 9.59 Å². The Kier molecular flexibility index (Phi) is 4.76. The number of hydrogen-bond donors (Lipinski definition) is 0. The minimum absolute atomic E-state index is 0.106. The third-order valence-electron chi connectivity index (χ3n) is 4.48. The number of rotatable bonds is 4. The predicted octanol–water partition coefficient (Wildman–Crippen LogP) is 3.41. The zero-order chi connectivity index (χ0) is 17.4. The first-order valence-electron chi connectivity index (χ1n) is 8.60. The van der Waals surface area contributed by atoms with Gasteiger partial charge in [0.15, 0.2) is 0 Å². The first kappa shape index (κ1) is 17.1. The van der Waals surface area contributed by atoms with Crippen LogP contribution in [0.5, 0.6) is 0 Å². The molecule has 1 aliphatic rings. The normalized spacial score (nSPS) is 15.5. The van der Waals surface area contributed by atoms with Crippen LogP contribution in [0.3, 0.4) is 0 Å². The van der Waals surface area contributed by atoms with E-state index >= 15 is 0 Å². The highest BCUT2D eigenvalue weighted by molar-refractivity contribution is 7.18. The molecule has 130 valence electrons. The first-order chi connectivity index (χ1) is 11.4. The lowest BCUT2D eigenvalue weighted by atomic mass is 9.97. The van der Waals surface area contributed by atoms with Gasteiger partial charge >= 0.3 is 5.97 Å². The Morgan fingerprint density at radius 3 is 2.71 bits per heavy atom. The molecule has 6 heteroatoms. The molecule has 0 radical (unpaired) electrons. The van der Waals surface area contributed by atoms with Crippen LogP contribution in [0.1, 0.15) is 55.9 Å². The maximum atomic E-state index is 13.1. The van der Waals surface area contributed by atoms with E-state index in [1.807, 2.05) is 13.8 Å². The summed E-state index contributed by atoms with van der Waals surface area (Å²) in [4.78, 5) is 32.1. The van der Waals surface area contributed by atoms with Gasteiger partial charge in [-0.15, -0.1) is 11.3 Å². The topological polar surface area (TPSA) is 61.2 Å². The summed E-state index contributed by atoms with van der Waals surface area (Å²) < 4.78 is 6.80. The molecule has 1 unspecified atom stereocenters. The second-order valence-corrected chi connectivity index (χ2v) is 8.01. The molecule has 1 atom stereocenters. The van der Waals surface area contributed by atoms with E-state index in [0.29, 0.717) is 17.8 Å². The van der Waals surface area contributed by atoms with Gasteiger partial charge in [0.2, 0.25) is 0 Å². The molecule has 0 saturated carbocycles. The average Bonchev–Trinajstić information content (AvgIpc) is 2.90. The Morgan fingerprint density at radius 1 is 1.29 bits per heavy atom. The van der Waals surface area contributed by atoms with Crippen LogP contribution in [0.25, 0.3) is 10.2 Å². The lowest BCUT2D eigenvalue weighted by Crippen LogP contribution is -2.32. The minimum Gasteiger partial charge on any atom is -0.464 e. The van der Waals surface area contributed by atoms with E-state index in [4.69, 9.17) is 4.74 Å². The highest BCUT2D eigenvalue weighted by Gasteiger charge is 2.25. The lowest BCUT2D eigenvalue weighted by Gasteiger charge is -2.18. The van der Waals surface area contributed by atoms with E-state index in [0.717, 1.165) is 29.7 Å². The van der Waals surface area contributed by atoms with Crippen molar-refractivity contribution >= 4 is 27.5 Å². The maximum absolute atomic E-state index is 13.1. The molecule has 0 bridgehead atoms. The fraction of sp³-hybridized carbons (Fsp3) is 0.611. The molecule has 0 aromatic carbocycles. The molecule has 3 rings (SSSR count). The van der Waals surface area contributed by atoms with Gasteiger partial charge in [0.1, 0.15) is 16.7 Å². The van der Waals surface area contributed by atoms with Gasteiger partial charge in [-0.3, -0.25) is 9.36 Å². The van der Waals surface area contributed by atoms with Gasteiger partial charge in [-0.25, -0.2) is 9.78 Å². The molecular weight excluding hydrogens is 324 g/mol. The van der Waals surface area contributed by atoms with Gasteiger partial charge < -0.3 is 4.74 Å². The number of carbonyl (C=O) groups is 1. The summed E-state index contributed by atoms with van der Waals surface area (Å²) in [5.41, 5.74) is 1.04. The molecule has 0 fully saturated rings. The van der Waals surface area contributed by atoms with Crippen molar-refractivity contribution in [2.24, 2.45) is 5.92 Å². The summed E-state index contributed by atoms with van der Waals surface area (Å²) in [6.45, 7) is 7.83. The summed E-state index contributed by atoms with van der Waals surface area (Å²) in [5.74, 6) is 0.461. The number of fused-ring (bicyclic) bond motifs is 3. The van der Waals surface area contributed by atoms with Gasteiger partial charge in [0.25, 0.3) is 5.56 Å². The summed E-state index contributed by atoms with van der Waals surface area (Å²) >= 11 is 1.63. The first-order valence-corrected chi connectivity index (χ1v) is 9.41. The zero-order valence-corrected chi connectivity index (χ0v) is 15.5. The van der Waals surface area contributed by atoms with Crippen LogP contribution in [0.4, 0.5) is 0 Å². The summed E-state index contributed by atoms with van der Waals surface area (Å²) in [6.07, 6.45) is 4.24. The molecule has 0 amide bonds. The number of hydrogen-bond acceptors (Lipinski definition) is 5. The number of aromatic nitrogens is 2. The van der Waals surface area contributed by atoms with Crippen molar-refractivity contribution in [1.82, 2.24) is 9.55 Å². The quantitative estimate of drug-likeness (QED) is 0.795. The number of nitrogens with zero attached hydrogens (tertiary/aromatic N) is 2. The largest absolute Gasteiger partial charge is 0.464 e. The molecule has 0 spiro atoms. The van der Waals surface area contributed by atoms with Gasteiger partial charge in [0.05, 0.1) is 12.0 Å². The van der Waals surface area contributed by atoms with Crippen molar-refractivity contribution in [2.45, 2.75) is 59.4 Å². The molecule has 0 N–H and O–H groups in total. The van der Waals surface area contributed by atoms with Gasteiger partial charge in [-0.1, -0.05) is 13.8 Å². The number of ether oxygens (including phenoxy) is 1. The molecule has 2 heterocycles. The van der Waals surface area contributed by atoms with Crippen LogP contribution in [0, 0.1) is 12.8 Å². The van der Waals surface area contributed by atoms with E-state index in [1.165, 1.54) is 15.9 Å². The summed E-state index contributed by atoms with van der Waals surface area (Å²) in [5, 5.41) is 0.712. The number of carbonyl (C=O) groups excluding carboxylic acids is 1. The monoisotopic (exact) mass is 348 g/mol. The van der Waals surface area contributed by atoms with Crippen molar-refractivity contribution in [2.75, 3.05) is 6.61 Å². The van der Waals surface area contributed by atoms with E-state index < -0.39 is 6.04 Å². The number of aryl methyl sites for hydroxylation is 3. The Labute approximate surface area is 145 Å². The maximum Gasteiger partial charge on any atom is 0.329 e. The Balaban J connectivity index is 2.05. The third-order valence-corrected chi connectivity index (χ3v) is 5.67. The highest BCUT2D eigenvalue weighted by Crippen LogP contribution is 2.34. The fourth-order valence-corrected chi connectivity index (χ4v) is 4.55. The predicted molar refractivity (Wildman–Crippen MR) is 95.8 cm³/mol. The SMILES string of the molecule is Cc1nc2sc3c(c2c(=O)n1C(C)C(=O)OCC(C)C)CCCC3. The molecule has 1 aliphatic carbocycles. The third kappa shape index (κ3) is 2.99. The Bertz CT molecular complexity index is 835. The molecule has 5 nitrogen and oxygen atoms in total. The second-order valence-electron chi connectivity index (χ2n) is 6.93. The molecule has 24 heavy (non-hydrogen) atoms. The van der Waals surface area contributed by atoms with Crippen LogP contribution < -0.4 is 5.56 Å². The van der Waals surface area contributed by atoms with Crippen LogP contribution in [0.2, 0.25) is 0 Å². The molecule has 2 aromatic heterocycles. The molecule has 0 saturated heterocycles. The minimum atomic E-state index is -0.660. The second kappa shape index (κ2) is 6.67. The van der Waals surface area contributed by atoms with Crippen LogP contribution >= 0.6 is 11.3 Å². The average molecular weight is 348 g/mol. The Morgan fingerprint density at radius 2 is 2.00 bits per heavy atom. The molecule has 0 aliphatic heterocycles. The highest BCUT2D eigenvalue weighted by atomic mass is 32.1. The van der Waals surface area contributed by atoms with Gasteiger partial charge in [-0.2, -0.15) is 0 Å². The van der Waals surface area contributed by atoms with Crippen LogP contribution in [0.15, 0.2) is 4.79 Å². The molecular formula is C18H24N2O3S. The van der Waals surface area contributed by atoms with Crippen molar-refractivity contribution in [3.8, 4) is 0 Å². The van der Waals surface area contributed by atoms with Crippen LogP contribution in [-0.4, -0.2) is 22.1 Å². The lowest BCUT2D eigenvalue weighted by molar-refractivity contribution is -0.148. The van der Waals surface area contributed by atoms with Crippen molar-refractivity contribution in [3.05, 3.63) is 26.6 Å². The zero-order valence-electron chi connectivity index (χ0n) is 14.7. The van der Waals surface area contributed by atoms with Gasteiger partial charge in [0, 0.05) is 4.88 Å². The van der Waals surface area contributed by atoms with E-state index in [2.05, 4.69) is 4.98 Å². The number of thiophene rings is 1. The summed E-state index contributed by atoms with van der Waals surface area (Å²) in [7, 11) is 0. The van der Waals surface area contributed by atoms with Crippen LogP contribution in [-0.2, 0) is 22.4 Å². The smallest absolute Gasteiger partial charge is 0.329 e. The number of esters is 1.